The van der Waals surface area contributed by atoms with E-state index < -0.39 is 46.4 Å². The van der Waals surface area contributed by atoms with Crippen molar-refractivity contribution in [1.82, 2.24) is 4.90 Å². The number of hydrogen-bond acceptors (Lipinski definition) is 4. The van der Waals surface area contributed by atoms with Crippen molar-refractivity contribution < 1.29 is 27.0 Å². The number of amides is 1. The average molecular weight is 265 g/mol. The Balaban J connectivity index is 2.89. The second-order valence-corrected chi connectivity index (χ2v) is 5.34. The molecule has 0 radical (unpaired) electrons. The Morgan fingerprint density at radius 1 is 1.71 bits per heavy atom. The number of rotatable bonds is 5. The van der Waals surface area contributed by atoms with Crippen LogP contribution < -0.4 is 0 Å². The smallest absolute Gasteiger partial charge is 0.326 e. The van der Waals surface area contributed by atoms with Crippen LogP contribution in [0.15, 0.2) is 12.7 Å². The van der Waals surface area contributed by atoms with Crippen molar-refractivity contribution in [3.05, 3.63) is 12.7 Å². The summed E-state index contributed by atoms with van der Waals surface area (Å²) in [5, 5.41) is 7.42. The Morgan fingerprint density at radius 3 is 2.65 bits per heavy atom. The molecule has 1 heterocycles. The summed E-state index contributed by atoms with van der Waals surface area (Å²) in [7, 11) is -4.82. The first-order valence-corrected chi connectivity index (χ1v) is 6.28. The summed E-state index contributed by atoms with van der Waals surface area (Å²) in [6.07, 6.45) is 0.781. The molecule has 0 aromatic carbocycles. The van der Waals surface area contributed by atoms with Crippen LogP contribution in [-0.2, 0) is 19.8 Å². The maximum absolute atomic E-state index is 12.7. The van der Waals surface area contributed by atoms with E-state index in [-0.39, 0.29) is 6.42 Å². The summed E-state index contributed by atoms with van der Waals surface area (Å²) >= 11 is 0. The van der Waals surface area contributed by atoms with Crippen LogP contribution in [0.4, 0.5) is 3.89 Å². The van der Waals surface area contributed by atoms with E-state index in [1.54, 1.807) is 0 Å². The van der Waals surface area contributed by atoms with Gasteiger partial charge in [-0.25, -0.2) is 4.79 Å². The number of carboxylic acids is 1. The number of carbonyl (C=O) groups is 2. The lowest BCUT2D eigenvalue weighted by molar-refractivity contribution is -0.148. The minimum Gasteiger partial charge on any atom is -0.480 e. The van der Waals surface area contributed by atoms with Gasteiger partial charge in [-0.3, -0.25) is 4.79 Å². The number of halogens is 1. The van der Waals surface area contributed by atoms with E-state index in [9.17, 15) is 21.9 Å². The van der Waals surface area contributed by atoms with Gasteiger partial charge in [-0.05, 0) is 6.42 Å². The molecule has 1 aliphatic heterocycles. The maximum Gasteiger partial charge on any atom is 0.326 e. The van der Waals surface area contributed by atoms with Gasteiger partial charge in [0.15, 0.2) is 0 Å². The Kier molecular flexibility index (Phi) is 3.87. The van der Waals surface area contributed by atoms with Gasteiger partial charge < -0.3 is 10.0 Å². The predicted molar refractivity (Wildman–Crippen MR) is 56.4 cm³/mol. The first kappa shape index (κ1) is 13.6. The van der Waals surface area contributed by atoms with Gasteiger partial charge in [0.2, 0.25) is 5.91 Å². The molecule has 1 rings (SSSR count). The zero-order valence-electron chi connectivity index (χ0n) is 8.87. The van der Waals surface area contributed by atoms with Crippen LogP contribution in [0.5, 0.6) is 0 Å². The molecular formula is C9H12FNO5S. The van der Waals surface area contributed by atoms with Crippen molar-refractivity contribution in [2.75, 3.05) is 6.54 Å². The van der Waals surface area contributed by atoms with Gasteiger partial charge in [-0.2, -0.15) is 8.42 Å². The molecule has 0 bridgehead atoms. The standard InChI is InChI=1S/C9H12FNO5S/c1-2-3-7(9(13)14)11-5-6(4-8(11)12)17(10,15)16/h2,6-7H,1,3-5H2,(H,13,14)/t6?,7-/m0/s1. The normalized spacial score (nSPS) is 22.5. The van der Waals surface area contributed by atoms with Crippen LogP contribution in [0.25, 0.3) is 0 Å². The largest absolute Gasteiger partial charge is 0.480 e. The van der Waals surface area contributed by atoms with Gasteiger partial charge in [-0.1, -0.05) is 6.08 Å². The highest BCUT2D eigenvalue weighted by Gasteiger charge is 2.42. The molecule has 1 unspecified atom stereocenters. The van der Waals surface area contributed by atoms with Crippen molar-refractivity contribution in [2.24, 2.45) is 0 Å². The van der Waals surface area contributed by atoms with E-state index in [0.717, 1.165) is 4.90 Å². The molecule has 6 nitrogen and oxygen atoms in total. The van der Waals surface area contributed by atoms with Crippen molar-refractivity contribution in [1.29, 1.82) is 0 Å². The van der Waals surface area contributed by atoms with E-state index in [1.807, 2.05) is 0 Å². The third kappa shape index (κ3) is 3.02. The zero-order chi connectivity index (χ0) is 13.2. The average Bonchev–Trinajstić information content (AvgIpc) is 2.55. The Morgan fingerprint density at radius 2 is 2.29 bits per heavy atom. The fraction of sp³-hybridized carbons (Fsp3) is 0.556. The molecule has 96 valence electrons. The molecule has 1 N–H and O–H groups in total. The fourth-order valence-electron chi connectivity index (χ4n) is 1.71. The molecular weight excluding hydrogens is 253 g/mol. The minimum atomic E-state index is -4.82. The summed E-state index contributed by atoms with van der Waals surface area (Å²) in [6, 6.07) is -1.19. The van der Waals surface area contributed by atoms with Crippen LogP contribution >= 0.6 is 0 Å². The molecule has 1 amide bonds. The number of carboxylic acid groups (broad SMARTS) is 1. The van der Waals surface area contributed by atoms with Crippen molar-refractivity contribution in [3.63, 3.8) is 0 Å². The summed E-state index contributed by atoms with van der Waals surface area (Å²) < 4.78 is 34.0. The molecule has 0 saturated carbocycles. The molecule has 0 aromatic heterocycles. The number of carbonyl (C=O) groups excluding carboxylic acids is 1. The van der Waals surface area contributed by atoms with Crippen LogP contribution in [0.1, 0.15) is 12.8 Å². The van der Waals surface area contributed by atoms with Gasteiger partial charge >= 0.3 is 16.2 Å². The summed E-state index contributed by atoms with van der Waals surface area (Å²) in [4.78, 5) is 23.2. The molecule has 1 saturated heterocycles. The zero-order valence-corrected chi connectivity index (χ0v) is 9.69. The van der Waals surface area contributed by atoms with Crippen molar-refractivity contribution in [3.8, 4) is 0 Å². The van der Waals surface area contributed by atoms with Crippen LogP contribution in [0.3, 0.4) is 0 Å². The highest BCUT2D eigenvalue weighted by molar-refractivity contribution is 7.87. The fourth-order valence-corrected chi connectivity index (χ4v) is 2.39. The number of hydrogen-bond donors (Lipinski definition) is 1. The van der Waals surface area contributed by atoms with E-state index in [2.05, 4.69) is 6.58 Å². The molecule has 0 aromatic rings. The Bertz CT molecular complexity index is 446. The first-order chi connectivity index (χ1) is 7.77. The van der Waals surface area contributed by atoms with E-state index >= 15 is 0 Å². The Hall–Kier alpha value is -1.44. The van der Waals surface area contributed by atoms with E-state index in [4.69, 9.17) is 5.11 Å². The van der Waals surface area contributed by atoms with E-state index in [1.165, 1.54) is 6.08 Å². The number of nitrogens with zero attached hydrogens (tertiary/aromatic N) is 1. The van der Waals surface area contributed by atoms with Gasteiger partial charge in [-0.15, -0.1) is 10.5 Å². The topological polar surface area (TPSA) is 91.8 Å². The minimum absolute atomic E-state index is 0.0138. The van der Waals surface area contributed by atoms with Gasteiger partial charge in [0.1, 0.15) is 11.3 Å². The first-order valence-electron chi connectivity index (χ1n) is 4.84. The van der Waals surface area contributed by atoms with Gasteiger partial charge in [0.25, 0.3) is 0 Å². The van der Waals surface area contributed by atoms with Crippen LogP contribution in [0.2, 0.25) is 0 Å². The molecule has 0 aliphatic carbocycles. The summed E-state index contributed by atoms with van der Waals surface area (Å²) in [5.74, 6) is -1.94. The maximum atomic E-state index is 12.7. The monoisotopic (exact) mass is 265 g/mol. The van der Waals surface area contributed by atoms with Crippen molar-refractivity contribution >= 4 is 22.1 Å². The van der Waals surface area contributed by atoms with Crippen LogP contribution in [-0.4, -0.2) is 48.1 Å². The molecule has 17 heavy (non-hydrogen) atoms. The predicted octanol–water partition coefficient (Wildman–Crippen LogP) is -0.0841. The molecule has 8 heteroatoms. The third-order valence-corrected chi connectivity index (χ3v) is 3.68. The third-order valence-electron chi connectivity index (χ3n) is 2.57. The second-order valence-electron chi connectivity index (χ2n) is 3.73. The highest BCUT2D eigenvalue weighted by atomic mass is 32.3. The van der Waals surface area contributed by atoms with Gasteiger partial charge in [0.05, 0.1) is 0 Å². The summed E-state index contributed by atoms with van der Waals surface area (Å²) in [5.41, 5.74) is 0. The summed E-state index contributed by atoms with van der Waals surface area (Å²) in [6.45, 7) is 2.93. The highest BCUT2D eigenvalue weighted by Crippen LogP contribution is 2.23. The lowest BCUT2D eigenvalue weighted by atomic mass is 10.2. The molecule has 1 aliphatic rings. The molecule has 0 spiro atoms. The lowest BCUT2D eigenvalue weighted by Gasteiger charge is -2.23. The van der Waals surface area contributed by atoms with Crippen molar-refractivity contribution in [2.45, 2.75) is 24.1 Å². The molecule has 2 atom stereocenters. The van der Waals surface area contributed by atoms with Gasteiger partial charge in [0, 0.05) is 13.0 Å². The number of likely N-dealkylation sites (tertiary alicyclic amines) is 1. The molecule has 1 fully saturated rings. The van der Waals surface area contributed by atoms with Crippen LogP contribution in [0, 0.1) is 0 Å². The lowest BCUT2D eigenvalue weighted by Crippen LogP contribution is -2.42. The SMILES string of the molecule is C=CC[C@@H](C(=O)O)N1CC(S(=O)(=O)F)CC1=O. The van der Waals surface area contributed by atoms with E-state index in [0.29, 0.717) is 0 Å². The Labute approximate surface area is 97.9 Å². The second kappa shape index (κ2) is 4.82. The number of aliphatic carboxylic acids is 1. The quantitative estimate of drug-likeness (QED) is 0.554.